The van der Waals surface area contributed by atoms with Crippen LogP contribution in [0.15, 0.2) is 78.9 Å². The number of benzene rings is 3. The predicted molar refractivity (Wildman–Crippen MR) is 118 cm³/mol. The van der Waals surface area contributed by atoms with Crippen molar-refractivity contribution in [1.29, 1.82) is 0 Å². The minimum absolute atomic E-state index is 0.125. The van der Waals surface area contributed by atoms with Crippen molar-refractivity contribution < 1.29 is 24.3 Å². The van der Waals surface area contributed by atoms with E-state index in [1.165, 1.54) is 4.90 Å². The molecular formula is C25H22N2O5. The van der Waals surface area contributed by atoms with Crippen molar-refractivity contribution in [3.63, 3.8) is 0 Å². The minimum Gasteiger partial charge on any atom is -0.508 e. The molecule has 0 unspecified atom stereocenters. The van der Waals surface area contributed by atoms with E-state index in [0.717, 1.165) is 11.3 Å². The second-order valence-electron chi connectivity index (χ2n) is 7.69. The Morgan fingerprint density at radius 3 is 2.22 bits per heavy atom. The van der Waals surface area contributed by atoms with Crippen molar-refractivity contribution in [1.82, 2.24) is 0 Å². The number of hydrogen-bond donors (Lipinski definition) is 1. The molecule has 0 saturated carbocycles. The van der Waals surface area contributed by atoms with Gasteiger partial charge in [-0.1, -0.05) is 30.3 Å². The van der Waals surface area contributed by atoms with Crippen LogP contribution in [-0.2, 0) is 14.4 Å². The van der Waals surface area contributed by atoms with Gasteiger partial charge in [0.15, 0.2) is 6.10 Å². The molecule has 2 heterocycles. The van der Waals surface area contributed by atoms with Crippen molar-refractivity contribution in [2.75, 3.05) is 16.6 Å². The quantitative estimate of drug-likeness (QED) is 0.620. The number of amides is 2. The van der Waals surface area contributed by atoms with Crippen LogP contribution in [0, 0.1) is 5.92 Å². The van der Waals surface area contributed by atoms with Crippen LogP contribution in [0.25, 0.3) is 0 Å². The normalized spacial score (nSPS) is 22.3. The van der Waals surface area contributed by atoms with E-state index in [0.29, 0.717) is 18.0 Å². The largest absolute Gasteiger partial charge is 0.508 e. The van der Waals surface area contributed by atoms with Crippen LogP contribution in [0.2, 0.25) is 0 Å². The van der Waals surface area contributed by atoms with Gasteiger partial charge in [0.2, 0.25) is 5.91 Å². The smallest absolute Gasteiger partial charge is 0.266 e. The summed E-state index contributed by atoms with van der Waals surface area (Å²) in [6.07, 6.45) is -0.937. The zero-order chi connectivity index (χ0) is 22.2. The summed E-state index contributed by atoms with van der Waals surface area (Å²) in [5.74, 6) is -0.643. The van der Waals surface area contributed by atoms with Crippen molar-refractivity contribution in [2.24, 2.45) is 5.92 Å². The summed E-state index contributed by atoms with van der Waals surface area (Å²) in [6.45, 7) is 2.42. The van der Waals surface area contributed by atoms with Gasteiger partial charge in [-0.3, -0.25) is 14.4 Å². The Hall–Kier alpha value is -3.84. The van der Waals surface area contributed by atoms with Gasteiger partial charge in [-0.2, -0.15) is 0 Å². The van der Waals surface area contributed by atoms with E-state index in [1.807, 2.05) is 37.3 Å². The van der Waals surface area contributed by atoms with Crippen LogP contribution in [0.3, 0.4) is 0 Å². The van der Waals surface area contributed by atoms with E-state index in [9.17, 15) is 14.7 Å². The van der Waals surface area contributed by atoms with Gasteiger partial charge in [-0.25, -0.2) is 9.96 Å². The molecule has 0 radical (unpaired) electrons. The van der Waals surface area contributed by atoms with Crippen molar-refractivity contribution in [3.05, 3.63) is 84.4 Å². The van der Waals surface area contributed by atoms with Crippen LogP contribution in [0.1, 0.15) is 18.5 Å². The lowest BCUT2D eigenvalue weighted by molar-refractivity contribution is -0.126. The molecule has 0 aromatic heterocycles. The third-order valence-electron chi connectivity index (χ3n) is 5.77. The van der Waals surface area contributed by atoms with Gasteiger partial charge < -0.3 is 9.84 Å². The Balaban J connectivity index is 1.53. The van der Waals surface area contributed by atoms with Gasteiger partial charge in [-0.05, 0) is 61.0 Å². The van der Waals surface area contributed by atoms with E-state index in [-0.39, 0.29) is 11.7 Å². The fraction of sp³-hybridized carbons (Fsp3) is 0.200. The standard InChI is InChI=1S/C25H22N2O5/c1-2-31-20-14-10-17(11-15-20)26-24(29)21-22(16-8-12-19(28)13-9-16)27(32-23(21)25(26)30)18-6-4-3-5-7-18/h3-15,21-23,28H,2H2,1H3/t21-,22-,23+/m0/s1. The van der Waals surface area contributed by atoms with Gasteiger partial charge in [0.25, 0.3) is 5.91 Å². The molecule has 2 fully saturated rings. The van der Waals surface area contributed by atoms with Crippen LogP contribution < -0.4 is 14.7 Å². The number of phenols is 1. The van der Waals surface area contributed by atoms with E-state index >= 15 is 0 Å². The average Bonchev–Trinajstić information content (AvgIpc) is 3.32. The predicted octanol–water partition coefficient (Wildman–Crippen LogP) is 3.84. The van der Waals surface area contributed by atoms with Gasteiger partial charge in [0, 0.05) is 0 Å². The molecule has 5 rings (SSSR count). The molecule has 2 aliphatic rings. The molecule has 3 aromatic rings. The molecule has 0 aliphatic carbocycles. The SMILES string of the molecule is CCOc1ccc(N2C(=O)[C@@H]3[C@@H](ON(c4ccccc4)[C@H]3c3ccc(O)cc3)C2=O)cc1. The number of fused-ring (bicyclic) bond motifs is 1. The number of nitrogens with zero attached hydrogens (tertiary/aromatic N) is 2. The van der Waals surface area contributed by atoms with Crippen LogP contribution in [0.4, 0.5) is 11.4 Å². The minimum atomic E-state index is -0.937. The number of rotatable bonds is 5. The number of hydroxylamine groups is 1. The lowest BCUT2D eigenvalue weighted by Gasteiger charge is -2.28. The number of imide groups is 1. The maximum absolute atomic E-state index is 13.6. The molecule has 2 saturated heterocycles. The molecule has 2 aliphatic heterocycles. The lowest BCUT2D eigenvalue weighted by atomic mass is 9.90. The zero-order valence-corrected chi connectivity index (χ0v) is 17.4. The Kier molecular flexibility index (Phi) is 5.03. The third kappa shape index (κ3) is 3.27. The summed E-state index contributed by atoms with van der Waals surface area (Å²) >= 11 is 0. The third-order valence-corrected chi connectivity index (χ3v) is 5.77. The number of carbonyl (C=O) groups excluding carboxylic acids is 2. The molecule has 32 heavy (non-hydrogen) atoms. The highest BCUT2D eigenvalue weighted by molar-refractivity contribution is 6.23. The average molecular weight is 430 g/mol. The first-order chi connectivity index (χ1) is 15.6. The molecule has 3 aromatic carbocycles. The molecular weight excluding hydrogens is 408 g/mol. The monoisotopic (exact) mass is 430 g/mol. The van der Waals surface area contributed by atoms with Gasteiger partial charge in [-0.15, -0.1) is 0 Å². The molecule has 7 heteroatoms. The van der Waals surface area contributed by atoms with Crippen LogP contribution >= 0.6 is 0 Å². The summed E-state index contributed by atoms with van der Waals surface area (Å²) in [5, 5.41) is 11.4. The number of para-hydroxylation sites is 1. The van der Waals surface area contributed by atoms with Crippen molar-refractivity contribution in [2.45, 2.75) is 19.1 Å². The first-order valence-corrected chi connectivity index (χ1v) is 10.5. The molecule has 3 atom stereocenters. The Labute approximate surface area is 185 Å². The number of ether oxygens (including phenoxy) is 1. The fourth-order valence-corrected chi connectivity index (χ4v) is 4.34. The second kappa shape index (κ2) is 8.01. The maximum Gasteiger partial charge on any atom is 0.266 e. The maximum atomic E-state index is 13.6. The summed E-state index contributed by atoms with van der Waals surface area (Å²) in [4.78, 5) is 34.1. The first-order valence-electron chi connectivity index (χ1n) is 10.5. The fourth-order valence-electron chi connectivity index (χ4n) is 4.34. The van der Waals surface area contributed by atoms with E-state index in [1.54, 1.807) is 53.6 Å². The lowest BCUT2D eigenvalue weighted by Crippen LogP contribution is -2.37. The summed E-state index contributed by atoms with van der Waals surface area (Å²) in [5.41, 5.74) is 2.00. The van der Waals surface area contributed by atoms with Gasteiger partial charge in [0.1, 0.15) is 17.4 Å². The molecule has 0 spiro atoms. The van der Waals surface area contributed by atoms with Gasteiger partial charge >= 0.3 is 0 Å². The highest BCUT2D eigenvalue weighted by Crippen LogP contribution is 2.47. The number of anilines is 2. The zero-order valence-electron chi connectivity index (χ0n) is 17.4. The van der Waals surface area contributed by atoms with Crippen molar-refractivity contribution in [3.8, 4) is 11.5 Å². The summed E-state index contributed by atoms with van der Waals surface area (Å²) < 4.78 is 5.46. The van der Waals surface area contributed by atoms with E-state index < -0.39 is 24.0 Å². The number of carbonyl (C=O) groups is 2. The number of phenolic OH excluding ortho intramolecular Hbond substituents is 1. The summed E-state index contributed by atoms with van der Waals surface area (Å²) in [7, 11) is 0. The molecule has 0 bridgehead atoms. The van der Waals surface area contributed by atoms with Crippen LogP contribution in [-0.4, -0.2) is 29.6 Å². The number of hydrogen-bond acceptors (Lipinski definition) is 6. The first kappa shape index (κ1) is 20.1. The molecule has 2 amide bonds. The Bertz CT molecular complexity index is 1130. The Morgan fingerprint density at radius 1 is 0.875 bits per heavy atom. The van der Waals surface area contributed by atoms with E-state index in [2.05, 4.69) is 0 Å². The van der Waals surface area contributed by atoms with Gasteiger partial charge in [0.05, 0.1) is 24.0 Å². The second-order valence-corrected chi connectivity index (χ2v) is 7.69. The van der Waals surface area contributed by atoms with Crippen molar-refractivity contribution >= 4 is 23.2 Å². The highest BCUT2D eigenvalue weighted by Gasteiger charge is 2.60. The highest BCUT2D eigenvalue weighted by atomic mass is 16.7. The molecule has 1 N–H and O–H groups in total. The topological polar surface area (TPSA) is 79.3 Å². The molecule has 7 nitrogen and oxygen atoms in total. The summed E-state index contributed by atoms with van der Waals surface area (Å²) in [6, 6.07) is 22.4. The Morgan fingerprint density at radius 2 is 1.56 bits per heavy atom. The molecule has 162 valence electrons. The van der Waals surface area contributed by atoms with E-state index in [4.69, 9.17) is 9.57 Å². The number of aromatic hydroxyl groups is 1. The van der Waals surface area contributed by atoms with Crippen LogP contribution in [0.5, 0.6) is 11.5 Å².